The van der Waals surface area contributed by atoms with Crippen molar-refractivity contribution in [3.8, 4) is 0 Å². The first-order chi connectivity index (χ1) is 6.55. The molecule has 4 N–H and O–H groups in total. The Bertz CT molecular complexity index is 308. The van der Waals surface area contributed by atoms with Gasteiger partial charge in [0.15, 0.2) is 5.41 Å². The van der Waals surface area contributed by atoms with E-state index in [-0.39, 0.29) is 22.4 Å². The molecule has 0 aromatic heterocycles. The topological polar surface area (TPSA) is 101 Å². The van der Waals surface area contributed by atoms with Crippen LogP contribution in [0.4, 0.5) is 13.2 Å². The third kappa shape index (κ3) is 1.97. The zero-order valence-corrected chi connectivity index (χ0v) is 9.12. The van der Waals surface area contributed by atoms with Gasteiger partial charge >= 0.3 is 18.1 Å². The van der Waals surface area contributed by atoms with Crippen molar-refractivity contribution in [3.05, 3.63) is 0 Å². The van der Waals surface area contributed by atoms with Crippen LogP contribution in [0.15, 0.2) is 0 Å². The summed E-state index contributed by atoms with van der Waals surface area (Å²) in [6.45, 7) is 0. The third-order valence-electron chi connectivity index (χ3n) is 2.62. The maximum absolute atomic E-state index is 12.2. The van der Waals surface area contributed by atoms with Gasteiger partial charge in [-0.3, -0.25) is 9.59 Å². The third-order valence-corrected chi connectivity index (χ3v) is 2.62. The molecule has 1 fully saturated rings. The molecule has 0 aromatic rings. The van der Waals surface area contributed by atoms with Crippen LogP contribution in [0.2, 0.25) is 0 Å². The first-order valence-electron chi connectivity index (χ1n) is 3.88. The van der Waals surface area contributed by atoms with Crippen LogP contribution in [0, 0.1) is 5.41 Å². The Morgan fingerprint density at radius 3 is 1.62 bits per heavy atom. The number of carboxylic acids is 2. The van der Waals surface area contributed by atoms with Crippen LogP contribution in [0.25, 0.3) is 0 Å². The molecule has 5 nitrogen and oxygen atoms in total. The molecule has 1 rings (SSSR count). The van der Waals surface area contributed by atoms with Gasteiger partial charge in [-0.1, -0.05) is 0 Å². The average molecular weight is 335 g/mol. The maximum atomic E-state index is 12.2. The van der Waals surface area contributed by atoms with Crippen molar-refractivity contribution in [2.45, 2.75) is 24.6 Å². The van der Waals surface area contributed by atoms with Crippen molar-refractivity contribution < 1.29 is 55.4 Å². The first kappa shape index (κ1) is 15.4. The van der Waals surface area contributed by atoms with Crippen LogP contribution in [0.5, 0.6) is 0 Å². The monoisotopic (exact) mass is 334 g/mol. The molecule has 0 amide bonds. The van der Waals surface area contributed by atoms with Crippen molar-refractivity contribution in [1.82, 2.24) is 0 Å². The van der Waals surface area contributed by atoms with Gasteiger partial charge in [-0.25, -0.2) is 0 Å². The number of aliphatic carboxylic acids is 2. The number of carboxylic acid groups (broad SMARTS) is 2. The fraction of sp³-hybridized carbons (Fsp3) is 0.714. The Morgan fingerprint density at radius 2 is 1.44 bits per heavy atom. The molecule has 0 saturated heterocycles. The fourth-order valence-corrected chi connectivity index (χ4v) is 1.62. The predicted octanol–water partition coefficient (Wildman–Crippen LogP) is 0.193. The van der Waals surface area contributed by atoms with Gasteiger partial charge in [0.1, 0.15) is 5.54 Å². The number of halogens is 3. The van der Waals surface area contributed by atoms with Gasteiger partial charge in [-0.15, -0.1) is 0 Å². The smallest absolute Gasteiger partial charge is 0.406 e. The minimum atomic E-state index is -4.79. The standard InChI is InChI=1S/C7H8F3NO4.Ag/c8-7(9,10)6(11)1-5(2-6,3(12)13)4(14)15;/h1-2,11H2,(H,12,13)(H,14,15);. The molecule has 0 bridgehead atoms. The molecule has 1 aliphatic carbocycles. The molecule has 0 aliphatic heterocycles. The van der Waals surface area contributed by atoms with Gasteiger partial charge in [-0.2, -0.15) is 13.2 Å². The number of alkyl halides is 3. The van der Waals surface area contributed by atoms with E-state index in [0.29, 0.717) is 0 Å². The van der Waals surface area contributed by atoms with Gasteiger partial charge in [0, 0.05) is 35.2 Å². The molecule has 0 unspecified atom stereocenters. The van der Waals surface area contributed by atoms with Crippen molar-refractivity contribution in [2.24, 2.45) is 11.1 Å². The Hall–Kier alpha value is -0.570. The average Bonchev–Trinajstić information content (AvgIpc) is 1.94. The summed E-state index contributed by atoms with van der Waals surface area (Å²) in [4.78, 5) is 21.1. The second kappa shape index (κ2) is 4.02. The van der Waals surface area contributed by atoms with Crippen LogP contribution in [0.1, 0.15) is 12.8 Å². The summed E-state index contributed by atoms with van der Waals surface area (Å²) in [6, 6.07) is 0. The summed E-state index contributed by atoms with van der Waals surface area (Å²) < 4.78 is 36.7. The van der Waals surface area contributed by atoms with E-state index in [0.717, 1.165) is 0 Å². The van der Waals surface area contributed by atoms with E-state index < -0.39 is 41.9 Å². The molecule has 16 heavy (non-hydrogen) atoms. The Labute approximate surface area is 103 Å². The molecule has 0 spiro atoms. The van der Waals surface area contributed by atoms with Gasteiger partial charge in [0.05, 0.1) is 0 Å². The van der Waals surface area contributed by atoms with E-state index in [4.69, 9.17) is 15.9 Å². The van der Waals surface area contributed by atoms with Gasteiger partial charge in [0.2, 0.25) is 0 Å². The van der Waals surface area contributed by atoms with E-state index in [1.807, 2.05) is 0 Å². The minimum Gasteiger partial charge on any atom is -0.480 e. The quantitative estimate of drug-likeness (QED) is 0.494. The van der Waals surface area contributed by atoms with Gasteiger partial charge < -0.3 is 15.9 Å². The first-order valence-corrected chi connectivity index (χ1v) is 3.88. The predicted molar refractivity (Wildman–Crippen MR) is 39.9 cm³/mol. The largest absolute Gasteiger partial charge is 0.480 e. The second-order valence-electron chi connectivity index (χ2n) is 3.70. The number of rotatable bonds is 2. The minimum absolute atomic E-state index is 0. The number of nitrogens with two attached hydrogens (primary N) is 1. The molecule has 0 heterocycles. The molecule has 1 radical (unpaired) electrons. The zero-order valence-electron chi connectivity index (χ0n) is 7.64. The summed E-state index contributed by atoms with van der Waals surface area (Å²) in [7, 11) is 0. The molecule has 1 saturated carbocycles. The Kier molecular flexibility index (Phi) is 3.88. The zero-order chi connectivity index (χ0) is 12.1. The summed E-state index contributed by atoms with van der Waals surface area (Å²) in [5.41, 5.74) is -0.224. The van der Waals surface area contributed by atoms with E-state index >= 15 is 0 Å². The Balaban J connectivity index is 0.00000225. The molecule has 0 aromatic carbocycles. The second-order valence-corrected chi connectivity index (χ2v) is 3.70. The van der Waals surface area contributed by atoms with Crippen molar-refractivity contribution >= 4 is 11.9 Å². The molecule has 0 atom stereocenters. The number of carbonyl (C=O) groups is 2. The van der Waals surface area contributed by atoms with Gasteiger partial charge in [-0.05, 0) is 0 Å². The van der Waals surface area contributed by atoms with E-state index in [1.165, 1.54) is 0 Å². The molecular weight excluding hydrogens is 327 g/mol. The van der Waals surface area contributed by atoms with Crippen LogP contribution >= 0.6 is 0 Å². The van der Waals surface area contributed by atoms with Crippen LogP contribution in [0.3, 0.4) is 0 Å². The van der Waals surface area contributed by atoms with Crippen LogP contribution in [-0.2, 0) is 32.0 Å². The van der Waals surface area contributed by atoms with Crippen molar-refractivity contribution in [1.29, 1.82) is 0 Å². The normalized spacial score (nSPS) is 21.5. The van der Waals surface area contributed by atoms with E-state index in [9.17, 15) is 22.8 Å². The number of hydrogen-bond acceptors (Lipinski definition) is 3. The fourth-order valence-electron chi connectivity index (χ4n) is 1.62. The summed E-state index contributed by atoms with van der Waals surface area (Å²) in [5, 5.41) is 17.1. The molecule has 1 aliphatic rings. The van der Waals surface area contributed by atoms with Crippen LogP contribution < -0.4 is 5.73 Å². The summed E-state index contributed by atoms with van der Waals surface area (Å²) >= 11 is 0. The van der Waals surface area contributed by atoms with E-state index in [1.54, 1.807) is 0 Å². The Morgan fingerprint density at radius 1 is 1.12 bits per heavy atom. The van der Waals surface area contributed by atoms with Crippen molar-refractivity contribution in [3.63, 3.8) is 0 Å². The summed E-state index contributed by atoms with van der Waals surface area (Å²) in [5.74, 6) is -3.58. The summed E-state index contributed by atoms with van der Waals surface area (Å²) in [6.07, 6.45) is -7.05. The van der Waals surface area contributed by atoms with Crippen LogP contribution in [-0.4, -0.2) is 33.9 Å². The number of hydrogen-bond donors (Lipinski definition) is 3. The molecule has 97 valence electrons. The maximum Gasteiger partial charge on any atom is 0.406 e. The van der Waals surface area contributed by atoms with Crippen molar-refractivity contribution in [2.75, 3.05) is 0 Å². The SMILES string of the molecule is NC1(C(F)(F)F)CC(C(=O)O)(C(=O)O)C1.[Ag]. The van der Waals surface area contributed by atoms with E-state index in [2.05, 4.69) is 0 Å². The molecule has 9 heteroatoms. The molecular formula is C7H8AgF3NO4. The van der Waals surface area contributed by atoms with Gasteiger partial charge in [0.25, 0.3) is 0 Å².